The largest absolute Gasteiger partial charge is 0.495 e. The maximum absolute atomic E-state index is 6.31. The third-order valence-corrected chi connectivity index (χ3v) is 5.70. The minimum absolute atomic E-state index is 0.100. The van der Waals surface area contributed by atoms with Crippen LogP contribution in [0.4, 0.5) is 0 Å². The molecule has 0 saturated heterocycles. The highest BCUT2D eigenvalue weighted by Gasteiger charge is 2.16. The average molecular weight is 506 g/mol. The Morgan fingerprint density at radius 3 is 2.37 bits per heavy atom. The zero-order valence-electron chi connectivity index (χ0n) is 17.4. The van der Waals surface area contributed by atoms with Gasteiger partial charge in [0.1, 0.15) is 5.76 Å². The normalized spacial score (nSPS) is 19.3. The fourth-order valence-electron chi connectivity index (χ4n) is 3.42. The Morgan fingerprint density at radius 1 is 1.04 bits per heavy atom. The molecule has 0 aliphatic heterocycles. The van der Waals surface area contributed by atoms with Crippen molar-refractivity contribution >= 4 is 31.9 Å². The number of unbranched alkanes of at least 4 members (excludes halogenated alkanes) is 1. The number of hydrogen-bond donors (Lipinski definition) is 0. The molecule has 0 N–H and O–H groups in total. The third-order valence-electron chi connectivity index (χ3n) is 4.91. The van der Waals surface area contributed by atoms with Crippen LogP contribution in [0.15, 0.2) is 34.7 Å². The van der Waals surface area contributed by atoms with Gasteiger partial charge >= 0.3 is 0 Å². The Bertz CT molecular complexity index is 465. The smallest absolute Gasteiger partial charge is 0.117 e. The van der Waals surface area contributed by atoms with Crippen LogP contribution in [0, 0.1) is 0 Å². The van der Waals surface area contributed by atoms with Crippen molar-refractivity contribution in [1.82, 2.24) is 0 Å². The lowest BCUT2D eigenvalue weighted by atomic mass is 9.98. The molecule has 0 bridgehead atoms. The first-order valence-corrected chi connectivity index (χ1v) is 12.6. The first-order valence-electron chi connectivity index (χ1n) is 10.8. The molecule has 156 valence electrons. The van der Waals surface area contributed by atoms with Crippen molar-refractivity contribution in [3.8, 4) is 0 Å². The molecule has 2 nitrogen and oxygen atoms in total. The molecule has 1 aliphatic carbocycles. The number of rotatable bonds is 13. The molecule has 0 amide bonds. The second kappa shape index (κ2) is 15.7. The summed E-state index contributed by atoms with van der Waals surface area (Å²) in [5.41, 5.74) is 0. The molecular formula is C23H38Br2O2. The van der Waals surface area contributed by atoms with Gasteiger partial charge in [-0.15, -0.1) is 0 Å². The minimum atomic E-state index is 0.100. The van der Waals surface area contributed by atoms with Crippen molar-refractivity contribution in [2.45, 2.75) is 108 Å². The van der Waals surface area contributed by atoms with E-state index in [-0.39, 0.29) is 10.9 Å². The zero-order chi connectivity index (χ0) is 19.9. The van der Waals surface area contributed by atoms with Gasteiger partial charge in [0.2, 0.25) is 0 Å². The van der Waals surface area contributed by atoms with Gasteiger partial charge in [-0.25, -0.2) is 0 Å². The fourth-order valence-corrected chi connectivity index (χ4v) is 4.24. The fraction of sp³-hybridized carbons (Fsp3) is 0.739. The van der Waals surface area contributed by atoms with Crippen LogP contribution in [0.2, 0.25) is 0 Å². The predicted octanol–water partition coefficient (Wildman–Crippen LogP) is 8.56. The van der Waals surface area contributed by atoms with E-state index in [4.69, 9.17) is 9.47 Å². The second-order valence-corrected chi connectivity index (χ2v) is 8.93. The van der Waals surface area contributed by atoms with E-state index < -0.39 is 0 Å². The van der Waals surface area contributed by atoms with Crippen LogP contribution in [0.25, 0.3) is 0 Å². The molecule has 0 spiro atoms. The molecule has 1 rings (SSSR count). The molecule has 2 atom stereocenters. The highest BCUT2D eigenvalue weighted by atomic mass is 79.9. The van der Waals surface area contributed by atoms with Crippen molar-refractivity contribution in [1.29, 1.82) is 0 Å². The van der Waals surface area contributed by atoms with E-state index in [1.54, 1.807) is 0 Å². The highest BCUT2D eigenvalue weighted by molar-refractivity contribution is 9.11. The summed E-state index contributed by atoms with van der Waals surface area (Å²) in [7, 11) is 0. The Kier molecular flexibility index (Phi) is 14.4. The molecule has 1 aliphatic rings. The van der Waals surface area contributed by atoms with Crippen LogP contribution in [-0.2, 0) is 9.47 Å². The van der Waals surface area contributed by atoms with Crippen LogP contribution in [0.5, 0.6) is 0 Å². The standard InChI is InChI=1S/C23H38Br2O2/c1-4-7-12-21(11-5-2)27-23(15-16-24)18-19(25)17-20(6-3)26-22-13-9-8-10-14-22/h15-19,21-22H,4-14H2,1-3H3/b16-15+,20-17+,23-18?. The maximum Gasteiger partial charge on any atom is 0.117 e. The summed E-state index contributed by atoms with van der Waals surface area (Å²) >= 11 is 7.17. The van der Waals surface area contributed by atoms with E-state index in [0.29, 0.717) is 6.10 Å². The molecule has 1 fully saturated rings. The quantitative estimate of drug-likeness (QED) is 0.142. The summed E-state index contributed by atoms with van der Waals surface area (Å²) < 4.78 is 12.6. The van der Waals surface area contributed by atoms with Crippen LogP contribution in [0.1, 0.15) is 91.4 Å². The summed E-state index contributed by atoms with van der Waals surface area (Å²) in [6.07, 6.45) is 20.0. The van der Waals surface area contributed by atoms with E-state index in [0.717, 1.165) is 37.2 Å². The van der Waals surface area contributed by atoms with Crippen molar-refractivity contribution in [3.63, 3.8) is 0 Å². The van der Waals surface area contributed by atoms with Gasteiger partial charge < -0.3 is 9.47 Å². The van der Waals surface area contributed by atoms with E-state index in [9.17, 15) is 0 Å². The highest BCUT2D eigenvalue weighted by Crippen LogP contribution is 2.25. The van der Waals surface area contributed by atoms with Crippen molar-refractivity contribution in [2.75, 3.05) is 0 Å². The lowest BCUT2D eigenvalue weighted by molar-refractivity contribution is 0.0778. The SMILES string of the molecule is CCCCC(CCC)OC(=CC(Br)/C=C(\CC)OC1CCCCC1)/C=C/Br. The second-order valence-electron chi connectivity index (χ2n) is 7.34. The van der Waals surface area contributed by atoms with Gasteiger partial charge in [-0.05, 0) is 61.7 Å². The summed E-state index contributed by atoms with van der Waals surface area (Å²) in [5, 5.41) is 0. The average Bonchev–Trinajstić information content (AvgIpc) is 2.66. The first-order chi connectivity index (χ1) is 13.1. The molecule has 0 aromatic heterocycles. The number of halogens is 2. The van der Waals surface area contributed by atoms with Crippen LogP contribution in [-0.4, -0.2) is 17.0 Å². The molecule has 0 heterocycles. The monoisotopic (exact) mass is 504 g/mol. The first kappa shape index (κ1) is 24.8. The molecular weight excluding hydrogens is 468 g/mol. The Morgan fingerprint density at radius 2 is 1.78 bits per heavy atom. The third kappa shape index (κ3) is 11.4. The van der Waals surface area contributed by atoms with Crippen LogP contribution >= 0.6 is 31.9 Å². The van der Waals surface area contributed by atoms with Gasteiger partial charge in [-0.3, -0.25) is 0 Å². The van der Waals surface area contributed by atoms with E-state index in [2.05, 4.69) is 64.8 Å². The number of allylic oxidation sites excluding steroid dienone is 4. The topological polar surface area (TPSA) is 18.5 Å². The van der Waals surface area contributed by atoms with Crippen LogP contribution in [0.3, 0.4) is 0 Å². The van der Waals surface area contributed by atoms with Crippen molar-refractivity contribution < 1.29 is 9.47 Å². The zero-order valence-corrected chi connectivity index (χ0v) is 20.6. The molecule has 0 aromatic carbocycles. The lowest BCUT2D eigenvalue weighted by Crippen LogP contribution is -2.16. The summed E-state index contributed by atoms with van der Waals surface area (Å²) in [4.78, 5) is 1.97. The van der Waals surface area contributed by atoms with Crippen LogP contribution < -0.4 is 0 Å². The van der Waals surface area contributed by atoms with E-state index in [1.165, 1.54) is 44.9 Å². The Labute approximate surface area is 184 Å². The summed E-state index contributed by atoms with van der Waals surface area (Å²) in [6, 6.07) is 0. The number of alkyl halides is 1. The van der Waals surface area contributed by atoms with E-state index >= 15 is 0 Å². The summed E-state index contributed by atoms with van der Waals surface area (Å²) in [5.74, 6) is 1.99. The van der Waals surface area contributed by atoms with E-state index in [1.807, 2.05) is 11.1 Å². The molecule has 2 unspecified atom stereocenters. The van der Waals surface area contributed by atoms with Crippen molar-refractivity contribution in [3.05, 3.63) is 34.7 Å². The van der Waals surface area contributed by atoms with Gasteiger partial charge in [-0.1, -0.05) is 78.3 Å². The number of ether oxygens (including phenoxy) is 2. The molecule has 0 radical (unpaired) electrons. The molecule has 27 heavy (non-hydrogen) atoms. The lowest BCUT2D eigenvalue weighted by Gasteiger charge is -2.24. The maximum atomic E-state index is 6.31. The molecule has 4 heteroatoms. The summed E-state index contributed by atoms with van der Waals surface area (Å²) in [6.45, 7) is 6.62. The van der Waals surface area contributed by atoms with Gasteiger partial charge in [0.05, 0.1) is 22.8 Å². The van der Waals surface area contributed by atoms with Gasteiger partial charge in [0.15, 0.2) is 0 Å². The van der Waals surface area contributed by atoms with Gasteiger partial charge in [-0.2, -0.15) is 0 Å². The predicted molar refractivity (Wildman–Crippen MR) is 125 cm³/mol. The molecule has 0 aromatic rings. The van der Waals surface area contributed by atoms with Crippen molar-refractivity contribution in [2.24, 2.45) is 0 Å². The Balaban J connectivity index is 2.74. The Hall–Kier alpha value is -0.220. The minimum Gasteiger partial charge on any atom is -0.495 e. The number of hydrogen-bond acceptors (Lipinski definition) is 2. The van der Waals surface area contributed by atoms with Gasteiger partial charge in [0, 0.05) is 6.42 Å². The molecule has 1 saturated carbocycles. The van der Waals surface area contributed by atoms with Gasteiger partial charge in [0.25, 0.3) is 0 Å².